The molecular weight excluding hydrogens is 188 g/mol. The predicted octanol–water partition coefficient (Wildman–Crippen LogP) is 2.15. The molecule has 0 saturated heterocycles. The van der Waals surface area contributed by atoms with Crippen LogP contribution < -0.4 is 10.5 Å². The fourth-order valence-electron chi connectivity index (χ4n) is 1.22. The first kappa shape index (κ1) is 8.37. The van der Waals surface area contributed by atoms with Gasteiger partial charge in [-0.25, -0.2) is 0 Å². The van der Waals surface area contributed by atoms with E-state index in [1.165, 1.54) is 0 Å². The minimum absolute atomic E-state index is 0.411. The molecule has 68 valence electrons. The Morgan fingerprint density at radius 3 is 3.15 bits per heavy atom. The van der Waals surface area contributed by atoms with Gasteiger partial charge in [0.1, 0.15) is 5.69 Å². The van der Waals surface area contributed by atoms with Crippen molar-refractivity contribution in [2.45, 2.75) is 4.90 Å². The number of thioether (sulfide) groups is 1. The van der Waals surface area contributed by atoms with E-state index in [9.17, 15) is 4.91 Å². The lowest BCUT2D eigenvalue weighted by atomic mass is 10.2. The molecule has 13 heavy (non-hydrogen) atoms. The smallest absolute Gasteiger partial charge is 0.158 e. The van der Waals surface area contributed by atoms with Gasteiger partial charge in [0.05, 0.1) is 17.2 Å². The normalized spacial score (nSPS) is 14.5. The highest BCUT2D eigenvalue weighted by Crippen LogP contribution is 2.43. The predicted molar refractivity (Wildman–Crippen MR) is 52.5 cm³/mol. The summed E-state index contributed by atoms with van der Waals surface area (Å²) >= 11 is 1.56. The standard InChI is InChI=1S/C8H8N2O2S/c9-5-1-2-6(10-11)8-7(5)12-3-4-13-8/h1-2H,3-4,9H2. The molecule has 0 aromatic heterocycles. The molecule has 0 aliphatic carbocycles. The molecule has 1 aromatic carbocycles. The average molecular weight is 196 g/mol. The largest absolute Gasteiger partial charge is 0.489 e. The number of fused-ring (bicyclic) bond motifs is 1. The number of nitrogen functional groups attached to an aromatic ring is 1. The first-order valence-electron chi connectivity index (χ1n) is 3.84. The fraction of sp³-hybridized carbons (Fsp3) is 0.250. The zero-order chi connectivity index (χ0) is 9.26. The third-order valence-corrected chi connectivity index (χ3v) is 2.85. The molecule has 1 aliphatic rings. The van der Waals surface area contributed by atoms with E-state index in [0.29, 0.717) is 23.7 Å². The number of hydrogen-bond donors (Lipinski definition) is 1. The zero-order valence-corrected chi connectivity index (χ0v) is 7.63. The summed E-state index contributed by atoms with van der Waals surface area (Å²) in [5.74, 6) is 1.44. The van der Waals surface area contributed by atoms with Gasteiger partial charge in [-0.1, -0.05) is 0 Å². The highest BCUT2D eigenvalue weighted by atomic mass is 32.2. The van der Waals surface area contributed by atoms with Crippen LogP contribution in [0.4, 0.5) is 11.4 Å². The van der Waals surface area contributed by atoms with Crippen molar-refractivity contribution >= 4 is 23.1 Å². The second-order valence-electron chi connectivity index (χ2n) is 2.62. The van der Waals surface area contributed by atoms with Crippen LogP contribution in [0.2, 0.25) is 0 Å². The molecular formula is C8H8N2O2S. The summed E-state index contributed by atoms with van der Waals surface area (Å²) in [5, 5.41) is 2.92. The second kappa shape index (κ2) is 3.26. The van der Waals surface area contributed by atoms with Gasteiger partial charge in [0, 0.05) is 5.75 Å². The van der Waals surface area contributed by atoms with E-state index in [2.05, 4.69) is 5.18 Å². The number of nitroso groups, excluding NO2 is 1. The topological polar surface area (TPSA) is 64.7 Å². The Morgan fingerprint density at radius 2 is 2.38 bits per heavy atom. The maximum Gasteiger partial charge on any atom is 0.158 e. The van der Waals surface area contributed by atoms with Crippen molar-refractivity contribution in [1.29, 1.82) is 0 Å². The number of anilines is 1. The van der Waals surface area contributed by atoms with Gasteiger partial charge in [0.15, 0.2) is 5.75 Å². The summed E-state index contributed by atoms with van der Waals surface area (Å²) in [4.78, 5) is 11.2. The SMILES string of the molecule is Nc1ccc(N=O)c2c1OCCS2. The van der Waals surface area contributed by atoms with Crippen molar-refractivity contribution in [2.75, 3.05) is 18.1 Å². The third-order valence-electron chi connectivity index (χ3n) is 1.80. The molecule has 0 unspecified atom stereocenters. The summed E-state index contributed by atoms with van der Waals surface area (Å²) in [6, 6.07) is 3.25. The van der Waals surface area contributed by atoms with Gasteiger partial charge in [0.2, 0.25) is 0 Å². The molecule has 0 atom stereocenters. The highest BCUT2D eigenvalue weighted by molar-refractivity contribution is 7.99. The molecule has 0 radical (unpaired) electrons. The summed E-state index contributed by atoms with van der Waals surface area (Å²) in [6.45, 7) is 0.629. The summed E-state index contributed by atoms with van der Waals surface area (Å²) in [6.07, 6.45) is 0. The number of nitrogens with zero attached hydrogens (tertiary/aromatic N) is 1. The number of hydrogen-bond acceptors (Lipinski definition) is 5. The van der Waals surface area contributed by atoms with Crippen molar-refractivity contribution in [3.63, 3.8) is 0 Å². The lowest BCUT2D eigenvalue weighted by Gasteiger charge is -2.18. The van der Waals surface area contributed by atoms with Crippen molar-refractivity contribution in [3.05, 3.63) is 17.0 Å². The van der Waals surface area contributed by atoms with E-state index >= 15 is 0 Å². The third kappa shape index (κ3) is 1.35. The average Bonchev–Trinajstić information content (AvgIpc) is 2.19. The summed E-state index contributed by atoms with van der Waals surface area (Å²) in [7, 11) is 0. The molecule has 0 fully saturated rings. The van der Waals surface area contributed by atoms with E-state index in [1.807, 2.05) is 0 Å². The molecule has 0 bridgehead atoms. The maximum atomic E-state index is 10.4. The Hall–Kier alpha value is -1.23. The van der Waals surface area contributed by atoms with Crippen LogP contribution in [0.1, 0.15) is 0 Å². The lowest BCUT2D eigenvalue weighted by molar-refractivity contribution is 0.332. The molecule has 4 nitrogen and oxygen atoms in total. The molecule has 5 heteroatoms. The first-order valence-corrected chi connectivity index (χ1v) is 4.83. The Kier molecular flexibility index (Phi) is 2.10. The molecule has 0 spiro atoms. The second-order valence-corrected chi connectivity index (χ2v) is 3.73. The van der Waals surface area contributed by atoms with Crippen LogP contribution in [0, 0.1) is 4.91 Å². The Labute approximate surface area is 79.4 Å². The number of ether oxygens (including phenoxy) is 1. The van der Waals surface area contributed by atoms with Crippen LogP contribution >= 0.6 is 11.8 Å². The van der Waals surface area contributed by atoms with Crippen molar-refractivity contribution in [1.82, 2.24) is 0 Å². The molecule has 1 aromatic rings. The number of nitrogens with two attached hydrogens (primary N) is 1. The Morgan fingerprint density at radius 1 is 1.54 bits per heavy atom. The first-order chi connectivity index (χ1) is 6.33. The molecule has 0 amide bonds. The van der Waals surface area contributed by atoms with Crippen molar-refractivity contribution in [2.24, 2.45) is 5.18 Å². The molecule has 1 aliphatic heterocycles. The van der Waals surface area contributed by atoms with E-state index in [0.717, 1.165) is 10.6 Å². The monoisotopic (exact) mass is 196 g/mol. The van der Waals surface area contributed by atoms with E-state index in [-0.39, 0.29) is 0 Å². The van der Waals surface area contributed by atoms with Crippen LogP contribution in [0.3, 0.4) is 0 Å². The van der Waals surface area contributed by atoms with Gasteiger partial charge in [-0.2, -0.15) is 0 Å². The Balaban J connectivity index is 2.58. The van der Waals surface area contributed by atoms with E-state index in [1.54, 1.807) is 23.9 Å². The van der Waals surface area contributed by atoms with E-state index in [4.69, 9.17) is 10.5 Å². The van der Waals surface area contributed by atoms with Crippen LogP contribution in [0.15, 0.2) is 22.2 Å². The summed E-state index contributed by atoms with van der Waals surface area (Å²) < 4.78 is 5.35. The molecule has 0 saturated carbocycles. The van der Waals surface area contributed by atoms with Crippen LogP contribution in [0.5, 0.6) is 5.75 Å². The van der Waals surface area contributed by atoms with Crippen molar-refractivity contribution in [3.8, 4) is 5.75 Å². The molecule has 2 rings (SSSR count). The maximum absolute atomic E-state index is 10.4. The van der Waals surface area contributed by atoms with Gasteiger partial charge in [-0.15, -0.1) is 16.7 Å². The Bertz CT molecular complexity index is 354. The van der Waals surface area contributed by atoms with Gasteiger partial charge in [-0.3, -0.25) is 0 Å². The molecule has 1 heterocycles. The van der Waals surface area contributed by atoms with Gasteiger partial charge >= 0.3 is 0 Å². The number of benzene rings is 1. The number of rotatable bonds is 1. The van der Waals surface area contributed by atoms with E-state index < -0.39 is 0 Å². The highest BCUT2D eigenvalue weighted by Gasteiger charge is 2.18. The van der Waals surface area contributed by atoms with Gasteiger partial charge < -0.3 is 10.5 Å². The minimum Gasteiger partial charge on any atom is -0.489 e. The van der Waals surface area contributed by atoms with Gasteiger partial charge in [-0.05, 0) is 17.3 Å². The minimum atomic E-state index is 0.411. The zero-order valence-electron chi connectivity index (χ0n) is 6.82. The summed E-state index contributed by atoms with van der Waals surface area (Å²) in [5.41, 5.74) is 6.66. The molecule has 2 N–H and O–H groups in total. The van der Waals surface area contributed by atoms with Crippen LogP contribution in [-0.4, -0.2) is 12.4 Å². The lowest BCUT2D eigenvalue weighted by Crippen LogP contribution is -2.08. The fourth-order valence-corrected chi connectivity index (χ4v) is 2.15. The van der Waals surface area contributed by atoms with Gasteiger partial charge in [0.25, 0.3) is 0 Å². The van der Waals surface area contributed by atoms with Crippen LogP contribution in [0.25, 0.3) is 0 Å². The van der Waals surface area contributed by atoms with Crippen LogP contribution in [-0.2, 0) is 0 Å². The van der Waals surface area contributed by atoms with Crippen molar-refractivity contribution < 1.29 is 4.74 Å². The quantitative estimate of drug-likeness (QED) is 0.552.